The van der Waals surface area contributed by atoms with E-state index in [4.69, 9.17) is 25.8 Å². The number of rotatable bonds is 1. The summed E-state index contributed by atoms with van der Waals surface area (Å²) < 4.78 is 48.2. The molecule has 1 aliphatic carbocycles. The van der Waals surface area contributed by atoms with Gasteiger partial charge in [0.25, 0.3) is 5.91 Å². The number of hydrogen-bond donors (Lipinski definition) is 1. The van der Waals surface area contributed by atoms with Gasteiger partial charge in [0.2, 0.25) is 10.0 Å². The Kier molecular flexibility index (Phi) is 9.99. The summed E-state index contributed by atoms with van der Waals surface area (Å²) in [5, 5.41) is -0.0997. The number of carbonyl (C=O) groups excluding carboxylic acids is 2. The Morgan fingerprint density at radius 3 is 2.65 bits per heavy atom. The minimum Gasteiger partial charge on any atom is -0.487 e. The number of hydrogen-bond acceptors (Lipinski definition) is 8. The zero-order valence-electron chi connectivity index (χ0n) is 26.7. The fourth-order valence-corrected chi connectivity index (χ4v) is 9.32. The molecule has 2 aromatic carbocycles. The van der Waals surface area contributed by atoms with Crippen LogP contribution in [0, 0.1) is 17.8 Å². The van der Waals surface area contributed by atoms with E-state index in [2.05, 4.69) is 9.62 Å². The molecule has 1 saturated carbocycles. The van der Waals surface area contributed by atoms with Crippen molar-refractivity contribution in [2.24, 2.45) is 17.8 Å². The van der Waals surface area contributed by atoms with Gasteiger partial charge in [-0.15, -0.1) is 0 Å². The minimum atomic E-state index is -3.96. The van der Waals surface area contributed by atoms with E-state index in [9.17, 15) is 18.0 Å². The first-order valence-electron chi connectivity index (χ1n) is 16.7. The van der Waals surface area contributed by atoms with Crippen LogP contribution in [0.3, 0.4) is 0 Å². The standard InChI is InChI=1S/C35H45ClN2O7S/c1-23-6-5-14-35(33(21-39)43-16-17-45-35)30-12-9-27(30)20-38-15-4-3-7-25-18-29(36)11-8-28(25)22-44-32-13-10-26(19-31(32)38)34(40)37-46(41,42)24(23)2/h8,10-11,13,18-19,21,23-24,27,30,33H,3-7,9,12,14-17,20,22H2,1-2H3,(H,37,40)/t23-,24+,27-,30+,33+,35-/m0/s1. The van der Waals surface area contributed by atoms with E-state index in [1.54, 1.807) is 25.1 Å². The third-order valence-corrected chi connectivity index (χ3v) is 13.0. The lowest BCUT2D eigenvalue weighted by Crippen LogP contribution is -2.62. The number of nitrogens with zero attached hydrogens (tertiary/aromatic N) is 1. The summed E-state index contributed by atoms with van der Waals surface area (Å²) in [6.45, 7) is 6.08. The Morgan fingerprint density at radius 2 is 1.87 bits per heavy atom. The van der Waals surface area contributed by atoms with Gasteiger partial charge in [0.05, 0.1) is 24.2 Å². The molecule has 2 bridgehead atoms. The number of fused-ring (bicyclic) bond motifs is 4. The van der Waals surface area contributed by atoms with Gasteiger partial charge < -0.3 is 23.9 Å². The summed E-state index contributed by atoms with van der Waals surface area (Å²) in [4.78, 5) is 28.2. The van der Waals surface area contributed by atoms with Crippen molar-refractivity contribution in [3.8, 4) is 5.75 Å². The Morgan fingerprint density at radius 1 is 1.02 bits per heavy atom. The normalized spacial score (nSPS) is 32.0. The smallest absolute Gasteiger partial charge is 0.264 e. The number of anilines is 1. The summed E-state index contributed by atoms with van der Waals surface area (Å²) in [7, 11) is -3.96. The molecule has 46 heavy (non-hydrogen) atoms. The molecule has 1 amide bonds. The number of amides is 1. The first-order chi connectivity index (χ1) is 22.1. The van der Waals surface area contributed by atoms with E-state index in [0.717, 1.165) is 61.7 Å². The van der Waals surface area contributed by atoms with E-state index < -0.39 is 32.9 Å². The van der Waals surface area contributed by atoms with Gasteiger partial charge in [-0.3, -0.25) is 4.79 Å². The van der Waals surface area contributed by atoms with Crippen LogP contribution in [-0.4, -0.2) is 63.9 Å². The molecule has 1 saturated heterocycles. The van der Waals surface area contributed by atoms with E-state index in [1.807, 2.05) is 25.1 Å². The molecule has 11 heteroatoms. The molecule has 1 spiro atoms. The number of sulfonamides is 1. The number of aldehydes is 1. The number of benzene rings is 2. The summed E-state index contributed by atoms with van der Waals surface area (Å²) in [5.41, 5.74) is 2.48. The first kappa shape index (κ1) is 33.2. The molecule has 6 rings (SSSR count). The maximum absolute atomic E-state index is 13.5. The second-order valence-electron chi connectivity index (χ2n) is 13.5. The highest BCUT2D eigenvalue weighted by atomic mass is 35.5. The topological polar surface area (TPSA) is 111 Å². The van der Waals surface area contributed by atoms with Crippen LogP contribution in [0.5, 0.6) is 5.75 Å². The third-order valence-electron chi connectivity index (χ3n) is 10.8. The molecule has 0 aromatic heterocycles. The maximum Gasteiger partial charge on any atom is 0.264 e. The van der Waals surface area contributed by atoms with E-state index in [0.29, 0.717) is 56.4 Å². The highest BCUT2D eigenvalue weighted by Gasteiger charge is 2.55. The molecule has 9 nitrogen and oxygen atoms in total. The van der Waals surface area contributed by atoms with Gasteiger partial charge in [-0.25, -0.2) is 13.1 Å². The average Bonchev–Trinajstić information content (AvgIpc) is 3.05. The quantitative estimate of drug-likeness (QED) is 0.384. The highest BCUT2D eigenvalue weighted by Crippen LogP contribution is 2.50. The lowest BCUT2D eigenvalue weighted by Gasteiger charge is -2.54. The zero-order chi connectivity index (χ0) is 32.5. The van der Waals surface area contributed by atoms with Crippen LogP contribution in [-0.2, 0) is 37.3 Å². The highest BCUT2D eigenvalue weighted by molar-refractivity contribution is 7.90. The van der Waals surface area contributed by atoms with Crippen LogP contribution in [0.2, 0.25) is 5.02 Å². The average molecular weight is 673 g/mol. The fraction of sp³-hybridized carbons (Fsp3) is 0.600. The fourth-order valence-electron chi connectivity index (χ4n) is 7.82. The van der Waals surface area contributed by atoms with Crippen LogP contribution in [0.4, 0.5) is 5.69 Å². The number of nitrogens with one attached hydrogen (secondary N) is 1. The van der Waals surface area contributed by atoms with Crippen LogP contribution in [0.15, 0.2) is 36.4 Å². The Labute approximate surface area is 277 Å². The van der Waals surface area contributed by atoms with Crippen LogP contribution in [0.25, 0.3) is 0 Å². The summed E-state index contributed by atoms with van der Waals surface area (Å²) >= 11 is 6.35. The van der Waals surface area contributed by atoms with Crippen molar-refractivity contribution in [1.82, 2.24) is 4.72 Å². The molecule has 2 fully saturated rings. The van der Waals surface area contributed by atoms with Crippen molar-refractivity contribution in [3.05, 3.63) is 58.1 Å². The maximum atomic E-state index is 13.5. The van der Waals surface area contributed by atoms with Gasteiger partial charge in [-0.05, 0) is 111 Å². The molecule has 0 unspecified atom stereocenters. The number of ether oxygens (including phenoxy) is 3. The SMILES string of the molecule is C[C@@H]1[C@@H](C)CCC[C@]2(OCCO[C@@H]2C=O)[C@@H]2CC[C@H]2CN2CCCCc3cc(Cl)ccc3COc3ccc(cc32)C(=O)NS1(=O)=O. The predicted molar refractivity (Wildman–Crippen MR) is 177 cm³/mol. The Balaban J connectivity index is 1.41. The lowest BCUT2D eigenvalue weighted by atomic mass is 9.61. The van der Waals surface area contributed by atoms with E-state index in [1.165, 1.54) is 0 Å². The van der Waals surface area contributed by atoms with Crippen LogP contribution in [0.1, 0.15) is 80.3 Å². The summed E-state index contributed by atoms with van der Waals surface area (Å²) in [5.74, 6) is 0.0953. The van der Waals surface area contributed by atoms with Gasteiger partial charge in [0.1, 0.15) is 24.1 Å². The Hall–Kier alpha value is -2.66. The molecule has 2 aromatic rings. The van der Waals surface area contributed by atoms with Crippen molar-refractivity contribution in [1.29, 1.82) is 0 Å². The number of halogens is 1. The molecular weight excluding hydrogens is 628 g/mol. The molecule has 4 aliphatic rings. The molecule has 1 N–H and O–H groups in total. The molecular formula is C35H45ClN2O7S. The molecule has 0 radical (unpaired) electrons. The first-order valence-corrected chi connectivity index (χ1v) is 18.6. The van der Waals surface area contributed by atoms with Gasteiger partial charge in [-0.1, -0.05) is 31.0 Å². The predicted octanol–water partition coefficient (Wildman–Crippen LogP) is 5.71. The van der Waals surface area contributed by atoms with E-state index >= 15 is 0 Å². The molecule has 3 heterocycles. The van der Waals surface area contributed by atoms with Crippen LogP contribution >= 0.6 is 11.6 Å². The molecule has 250 valence electrons. The summed E-state index contributed by atoms with van der Waals surface area (Å²) in [6, 6.07) is 11.0. The summed E-state index contributed by atoms with van der Waals surface area (Å²) in [6.07, 6.45) is 6.74. The third kappa shape index (κ3) is 6.68. The van der Waals surface area contributed by atoms with Gasteiger partial charge in [-0.2, -0.15) is 0 Å². The monoisotopic (exact) mass is 672 g/mol. The zero-order valence-corrected chi connectivity index (χ0v) is 28.3. The number of aryl methyl sites for hydroxylation is 1. The van der Waals surface area contributed by atoms with Crippen molar-refractivity contribution in [2.75, 3.05) is 31.2 Å². The lowest BCUT2D eigenvalue weighted by molar-refractivity contribution is -0.240. The van der Waals surface area contributed by atoms with Crippen molar-refractivity contribution >= 4 is 39.5 Å². The minimum absolute atomic E-state index is 0.104. The van der Waals surface area contributed by atoms with Gasteiger partial charge in [0, 0.05) is 23.7 Å². The van der Waals surface area contributed by atoms with Crippen molar-refractivity contribution in [3.63, 3.8) is 0 Å². The second kappa shape index (κ2) is 13.8. The van der Waals surface area contributed by atoms with Crippen molar-refractivity contribution in [2.45, 2.75) is 88.8 Å². The number of carbonyl (C=O) groups is 2. The Bertz CT molecular complexity index is 1550. The van der Waals surface area contributed by atoms with E-state index in [-0.39, 0.29) is 23.3 Å². The second-order valence-corrected chi connectivity index (χ2v) is 16.0. The van der Waals surface area contributed by atoms with Gasteiger partial charge >= 0.3 is 0 Å². The molecule has 3 aliphatic heterocycles. The largest absolute Gasteiger partial charge is 0.487 e. The van der Waals surface area contributed by atoms with Crippen molar-refractivity contribution < 1.29 is 32.2 Å². The van der Waals surface area contributed by atoms with Crippen LogP contribution < -0.4 is 14.4 Å². The molecule has 6 atom stereocenters. The van der Waals surface area contributed by atoms with Gasteiger partial charge in [0.15, 0.2) is 6.29 Å².